The number of imidazole rings is 1. The van der Waals surface area contributed by atoms with Crippen molar-refractivity contribution in [2.45, 2.75) is 26.3 Å². The maximum Gasteiger partial charge on any atom is 0.165 e. The number of nitrogens with one attached hydrogen (secondary N) is 1. The van der Waals surface area contributed by atoms with Crippen LogP contribution in [0, 0.1) is 0 Å². The van der Waals surface area contributed by atoms with Crippen molar-refractivity contribution in [3.05, 3.63) is 48.5 Å². The van der Waals surface area contributed by atoms with Crippen LogP contribution in [0.15, 0.2) is 43.0 Å². The molecule has 0 aliphatic heterocycles. The predicted octanol–water partition coefficient (Wildman–Crippen LogP) is 2.89. The van der Waals surface area contributed by atoms with Crippen LogP contribution in [0.4, 0.5) is 5.82 Å². The Hall–Kier alpha value is -2.43. The number of aryl methyl sites for hydroxylation is 1. The molecule has 0 spiro atoms. The first-order chi connectivity index (χ1) is 10.4. The van der Waals surface area contributed by atoms with Crippen LogP contribution < -0.4 is 5.32 Å². The summed E-state index contributed by atoms with van der Waals surface area (Å²) in [4.78, 5) is 13.1. The summed E-state index contributed by atoms with van der Waals surface area (Å²) in [6.45, 7) is 3.90. The average molecular weight is 281 g/mol. The molecule has 0 saturated heterocycles. The van der Waals surface area contributed by atoms with Crippen LogP contribution in [0.3, 0.4) is 0 Å². The molecule has 108 valence electrons. The summed E-state index contributed by atoms with van der Waals surface area (Å²) in [6.07, 6.45) is 5.46. The molecule has 21 heavy (non-hydrogen) atoms. The number of hydrogen-bond donors (Lipinski definition) is 1. The van der Waals surface area contributed by atoms with Gasteiger partial charge in [-0.25, -0.2) is 15.0 Å². The van der Waals surface area contributed by atoms with Crippen LogP contribution in [0.25, 0.3) is 11.2 Å². The Bertz CT molecular complexity index is 705. The van der Waals surface area contributed by atoms with E-state index in [2.05, 4.69) is 56.0 Å². The van der Waals surface area contributed by atoms with Gasteiger partial charge in [0.2, 0.25) is 0 Å². The monoisotopic (exact) mass is 281 g/mol. The number of fused-ring (bicyclic) bond motifs is 1. The highest BCUT2D eigenvalue weighted by molar-refractivity contribution is 5.82. The number of rotatable bonds is 6. The first-order valence-corrected chi connectivity index (χ1v) is 7.32. The van der Waals surface area contributed by atoms with Crippen LogP contribution in [0.5, 0.6) is 0 Å². The van der Waals surface area contributed by atoms with Gasteiger partial charge in [0.05, 0.1) is 6.33 Å². The molecule has 0 unspecified atom stereocenters. The summed E-state index contributed by atoms with van der Waals surface area (Å²) in [5.41, 5.74) is 3.06. The number of anilines is 1. The summed E-state index contributed by atoms with van der Waals surface area (Å²) in [6, 6.07) is 10.4. The molecule has 0 atom stereocenters. The fraction of sp³-hybridized carbons (Fsp3) is 0.312. The molecule has 1 N–H and O–H groups in total. The van der Waals surface area contributed by atoms with Gasteiger partial charge in [0.25, 0.3) is 0 Å². The second-order valence-electron chi connectivity index (χ2n) is 4.99. The summed E-state index contributed by atoms with van der Waals surface area (Å²) >= 11 is 0. The number of nitrogens with zero attached hydrogens (tertiary/aromatic N) is 4. The molecule has 0 aliphatic carbocycles. The molecule has 2 heterocycles. The average Bonchev–Trinajstić information content (AvgIpc) is 2.93. The highest BCUT2D eigenvalue weighted by Crippen LogP contribution is 2.17. The molecule has 2 aromatic heterocycles. The Balaban J connectivity index is 1.72. The van der Waals surface area contributed by atoms with Gasteiger partial charge in [-0.3, -0.25) is 0 Å². The van der Waals surface area contributed by atoms with Gasteiger partial charge in [-0.15, -0.1) is 0 Å². The van der Waals surface area contributed by atoms with E-state index in [0.717, 1.165) is 42.9 Å². The number of aromatic nitrogens is 4. The minimum Gasteiger partial charge on any atom is -0.368 e. The van der Waals surface area contributed by atoms with E-state index >= 15 is 0 Å². The first kappa shape index (κ1) is 13.5. The van der Waals surface area contributed by atoms with Gasteiger partial charge in [0, 0.05) is 13.1 Å². The Morgan fingerprint density at radius 2 is 1.95 bits per heavy atom. The first-order valence-electron chi connectivity index (χ1n) is 7.32. The van der Waals surface area contributed by atoms with Crippen molar-refractivity contribution in [1.29, 1.82) is 0 Å². The van der Waals surface area contributed by atoms with E-state index in [1.54, 1.807) is 6.33 Å². The third-order valence-corrected chi connectivity index (χ3v) is 3.41. The van der Waals surface area contributed by atoms with Gasteiger partial charge in [-0.2, -0.15) is 0 Å². The van der Waals surface area contributed by atoms with Crippen LogP contribution in [-0.2, 0) is 13.0 Å². The normalized spacial score (nSPS) is 10.9. The maximum atomic E-state index is 4.44. The Kier molecular flexibility index (Phi) is 4.09. The van der Waals surface area contributed by atoms with E-state index in [-0.39, 0.29) is 0 Å². The van der Waals surface area contributed by atoms with E-state index in [1.807, 2.05) is 12.4 Å². The predicted molar refractivity (Wildman–Crippen MR) is 84.2 cm³/mol. The molecule has 0 fully saturated rings. The van der Waals surface area contributed by atoms with Crippen molar-refractivity contribution in [2.24, 2.45) is 0 Å². The van der Waals surface area contributed by atoms with Crippen molar-refractivity contribution in [3.63, 3.8) is 0 Å². The summed E-state index contributed by atoms with van der Waals surface area (Å²) in [5.74, 6) is 0.811. The lowest BCUT2D eigenvalue weighted by Crippen LogP contribution is -2.07. The van der Waals surface area contributed by atoms with Gasteiger partial charge in [0.15, 0.2) is 11.5 Å². The van der Waals surface area contributed by atoms with E-state index in [9.17, 15) is 0 Å². The Morgan fingerprint density at radius 3 is 2.76 bits per heavy atom. The zero-order valence-corrected chi connectivity index (χ0v) is 12.2. The third kappa shape index (κ3) is 3.02. The molecule has 0 amide bonds. The van der Waals surface area contributed by atoms with Crippen molar-refractivity contribution >= 4 is 17.0 Å². The van der Waals surface area contributed by atoms with Gasteiger partial charge < -0.3 is 9.88 Å². The molecule has 0 bridgehead atoms. The zero-order valence-electron chi connectivity index (χ0n) is 12.2. The topological polar surface area (TPSA) is 55.6 Å². The minimum absolute atomic E-state index is 0.811. The highest BCUT2D eigenvalue weighted by atomic mass is 15.1. The second-order valence-corrected chi connectivity index (χ2v) is 4.99. The van der Waals surface area contributed by atoms with Crippen molar-refractivity contribution in [3.8, 4) is 0 Å². The largest absolute Gasteiger partial charge is 0.368 e. The van der Waals surface area contributed by atoms with Crippen LogP contribution in [0.2, 0.25) is 0 Å². The van der Waals surface area contributed by atoms with Crippen LogP contribution in [0.1, 0.15) is 18.9 Å². The van der Waals surface area contributed by atoms with E-state index < -0.39 is 0 Å². The van der Waals surface area contributed by atoms with Crippen molar-refractivity contribution in [1.82, 2.24) is 19.5 Å². The molecular formula is C16H19N5. The van der Waals surface area contributed by atoms with Gasteiger partial charge in [-0.05, 0) is 18.4 Å². The van der Waals surface area contributed by atoms with Gasteiger partial charge in [-0.1, -0.05) is 37.3 Å². The molecule has 0 saturated carbocycles. The van der Waals surface area contributed by atoms with Crippen LogP contribution >= 0.6 is 0 Å². The third-order valence-electron chi connectivity index (χ3n) is 3.41. The molecule has 5 nitrogen and oxygen atoms in total. The maximum absolute atomic E-state index is 4.44. The highest BCUT2D eigenvalue weighted by Gasteiger charge is 2.09. The van der Waals surface area contributed by atoms with E-state index in [0.29, 0.717) is 0 Å². The summed E-state index contributed by atoms with van der Waals surface area (Å²) in [7, 11) is 0. The second kappa shape index (κ2) is 6.35. The van der Waals surface area contributed by atoms with E-state index in [4.69, 9.17) is 0 Å². The molecule has 0 aliphatic rings. The zero-order chi connectivity index (χ0) is 14.5. The molecule has 3 rings (SSSR count). The number of hydrogen-bond acceptors (Lipinski definition) is 4. The molecule has 3 aromatic rings. The lowest BCUT2D eigenvalue weighted by Gasteiger charge is -2.06. The molecule has 0 radical (unpaired) electrons. The van der Waals surface area contributed by atoms with E-state index in [1.165, 1.54) is 5.56 Å². The fourth-order valence-electron chi connectivity index (χ4n) is 2.38. The molecule has 5 heteroatoms. The van der Waals surface area contributed by atoms with Crippen LogP contribution in [-0.4, -0.2) is 26.1 Å². The summed E-state index contributed by atoms with van der Waals surface area (Å²) < 4.78 is 2.07. The standard InChI is InChI=1S/C16H19N5/c1-2-10-21-12-20-14-15(18-11-19-16(14)21)17-9-8-13-6-4-3-5-7-13/h3-7,11-12H,2,8-10H2,1H3,(H,17,18,19). The fourth-order valence-corrected chi connectivity index (χ4v) is 2.38. The SMILES string of the molecule is CCCn1cnc2c(NCCc3ccccc3)ncnc21. The van der Waals surface area contributed by atoms with Gasteiger partial charge in [0.1, 0.15) is 11.8 Å². The lowest BCUT2D eigenvalue weighted by atomic mass is 10.1. The Morgan fingerprint density at radius 1 is 1.10 bits per heavy atom. The molecular weight excluding hydrogens is 262 g/mol. The minimum atomic E-state index is 0.811. The summed E-state index contributed by atoms with van der Waals surface area (Å²) in [5, 5.41) is 3.36. The van der Waals surface area contributed by atoms with Crippen molar-refractivity contribution in [2.75, 3.05) is 11.9 Å². The quantitative estimate of drug-likeness (QED) is 0.755. The number of benzene rings is 1. The Labute approximate surface area is 124 Å². The smallest absolute Gasteiger partial charge is 0.165 e. The lowest BCUT2D eigenvalue weighted by molar-refractivity contribution is 0.691. The van der Waals surface area contributed by atoms with Crippen molar-refractivity contribution < 1.29 is 0 Å². The van der Waals surface area contributed by atoms with Gasteiger partial charge >= 0.3 is 0 Å². The molecule has 1 aromatic carbocycles.